The van der Waals surface area contributed by atoms with Gasteiger partial charge in [0.1, 0.15) is 0 Å². The summed E-state index contributed by atoms with van der Waals surface area (Å²) in [4.78, 5) is 0. The molecule has 0 aliphatic rings. The van der Waals surface area contributed by atoms with Crippen LogP contribution in [0.3, 0.4) is 0 Å². The van der Waals surface area contributed by atoms with E-state index in [4.69, 9.17) is 4.74 Å². The Morgan fingerprint density at radius 3 is 2.44 bits per heavy atom. The zero-order chi connectivity index (χ0) is 13.2. The molecule has 0 saturated heterocycles. The molecule has 0 aliphatic heterocycles. The van der Waals surface area contributed by atoms with E-state index in [1.165, 1.54) is 16.7 Å². The fraction of sp³-hybridized carbons (Fsp3) is 0.625. The molecule has 1 aromatic rings. The van der Waals surface area contributed by atoms with E-state index >= 15 is 0 Å². The third-order valence-corrected chi connectivity index (χ3v) is 3.24. The SMILES string of the molecule is CCNCCOCCc1ccc(CC)c(CC)c1. The minimum absolute atomic E-state index is 0.807. The predicted molar refractivity (Wildman–Crippen MR) is 78.3 cm³/mol. The van der Waals surface area contributed by atoms with Gasteiger partial charge in [0.05, 0.1) is 13.2 Å². The summed E-state index contributed by atoms with van der Waals surface area (Å²) < 4.78 is 5.61. The van der Waals surface area contributed by atoms with Crippen LogP contribution in [0, 0.1) is 0 Å². The Balaban J connectivity index is 2.34. The minimum Gasteiger partial charge on any atom is -0.380 e. The second kappa shape index (κ2) is 9.12. The van der Waals surface area contributed by atoms with Crippen LogP contribution in [0.1, 0.15) is 37.5 Å². The lowest BCUT2D eigenvalue weighted by molar-refractivity contribution is 0.139. The first-order valence-corrected chi connectivity index (χ1v) is 7.20. The van der Waals surface area contributed by atoms with Crippen molar-refractivity contribution >= 4 is 0 Å². The van der Waals surface area contributed by atoms with Crippen molar-refractivity contribution in [3.05, 3.63) is 34.9 Å². The van der Waals surface area contributed by atoms with Crippen LogP contribution in [0.2, 0.25) is 0 Å². The normalized spacial score (nSPS) is 10.8. The van der Waals surface area contributed by atoms with E-state index in [0.29, 0.717) is 0 Å². The Morgan fingerprint density at radius 1 is 1.00 bits per heavy atom. The van der Waals surface area contributed by atoms with Gasteiger partial charge in [-0.15, -0.1) is 0 Å². The van der Waals surface area contributed by atoms with Gasteiger partial charge in [-0.2, -0.15) is 0 Å². The molecule has 0 saturated carbocycles. The first-order chi connectivity index (χ1) is 8.81. The largest absolute Gasteiger partial charge is 0.380 e. The van der Waals surface area contributed by atoms with Gasteiger partial charge in [0.15, 0.2) is 0 Å². The molecule has 0 aromatic heterocycles. The number of hydrogen-bond donors (Lipinski definition) is 1. The van der Waals surface area contributed by atoms with Crippen LogP contribution in [0.4, 0.5) is 0 Å². The van der Waals surface area contributed by atoms with Gasteiger partial charge in [-0.3, -0.25) is 0 Å². The average Bonchev–Trinajstić information content (AvgIpc) is 2.42. The first kappa shape index (κ1) is 15.2. The van der Waals surface area contributed by atoms with Gasteiger partial charge in [-0.25, -0.2) is 0 Å². The Kier molecular flexibility index (Phi) is 7.70. The molecule has 1 rings (SSSR count). The van der Waals surface area contributed by atoms with Gasteiger partial charge in [0, 0.05) is 6.54 Å². The van der Waals surface area contributed by atoms with Crippen molar-refractivity contribution < 1.29 is 4.74 Å². The molecule has 0 fully saturated rings. The number of ether oxygens (including phenoxy) is 1. The van der Waals surface area contributed by atoms with Crippen LogP contribution in [0.25, 0.3) is 0 Å². The molecule has 1 aromatic carbocycles. The Bertz CT molecular complexity index is 336. The molecule has 18 heavy (non-hydrogen) atoms. The van der Waals surface area contributed by atoms with Crippen LogP contribution in [-0.2, 0) is 24.0 Å². The summed E-state index contributed by atoms with van der Waals surface area (Å²) in [6.45, 7) is 10.2. The molecule has 0 atom stereocenters. The van der Waals surface area contributed by atoms with Crippen LogP contribution in [-0.4, -0.2) is 26.3 Å². The van der Waals surface area contributed by atoms with Crippen molar-refractivity contribution in [3.63, 3.8) is 0 Å². The van der Waals surface area contributed by atoms with Crippen molar-refractivity contribution in [3.8, 4) is 0 Å². The van der Waals surface area contributed by atoms with Crippen molar-refractivity contribution in [1.82, 2.24) is 5.32 Å². The molecular weight excluding hydrogens is 222 g/mol. The third-order valence-electron chi connectivity index (χ3n) is 3.24. The van der Waals surface area contributed by atoms with Crippen molar-refractivity contribution in [1.29, 1.82) is 0 Å². The van der Waals surface area contributed by atoms with Crippen LogP contribution in [0.5, 0.6) is 0 Å². The van der Waals surface area contributed by atoms with Crippen LogP contribution >= 0.6 is 0 Å². The lowest BCUT2D eigenvalue weighted by atomic mass is 9.99. The summed E-state index contributed by atoms with van der Waals surface area (Å²) in [6, 6.07) is 6.85. The fourth-order valence-electron chi connectivity index (χ4n) is 2.12. The first-order valence-electron chi connectivity index (χ1n) is 7.20. The summed E-state index contributed by atoms with van der Waals surface area (Å²) in [5.41, 5.74) is 4.37. The molecule has 0 heterocycles. The Morgan fingerprint density at radius 2 is 1.78 bits per heavy atom. The maximum absolute atomic E-state index is 5.61. The average molecular weight is 249 g/mol. The maximum atomic E-state index is 5.61. The standard InChI is InChI=1S/C16H27NO/c1-4-15-8-7-14(13-16(15)5-2)9-11-18-12-10-17-6-3/h7-8,13,17H,4-6,9-12H2,1-3H3. The number of hydrogen-bond acceptors (Lipinski definition) is 2. The van der Waals surface area contributed by atoms with Gasteiger partial charge in [0.25, 0.3) is 0 Å². The van der Waals surface area contributed by atoms with E-state index in [1.807, 2.05) is 0 Å². The molecule has 0 spiro atoms. The minimum atomic E-state index is 0.807. The molecule has 0 unspecified atom stereocenters. The van der Waals surface area contributed by atoms with E-state index in [0.717, 1.165) is 45.6 Å². The number of nitrogens with one attached hydrogen (secondary N) is 1. The highest BCUT2D eigenvalue weighted by molar-refractivity contribution is 5.32. The third kappa shape index (κ3) is 5.19. The smallest absolute Gasteiger partial charge is 0.0591 e. The van der Waals surface area contributed by atoms with E-state index in [9.17, 15) is 0 Å². The van der Waals surface area contributed by atoms with E-state index in [1.54, 1.807) is 0 Å². The van der Waals surface area contributed by atoms with Gasteiger partial charge in [0.2, 0.25) is 0 Å². The lowest BCUT2D eigenvalue weighted by Gasteiger charge is -2.09. The molecule has 0 amide bonds. The highest BCUT2D eigenvalue weighted by atomic mass is 16.5. The molecule has 2 nitrogen and oxygen atoms in total. The van der Waals surface area contributed by atoms with Crippen LogP contribution < -0.4 is 5.32 Å². The lowest BCUT2D eigenvalue weighted by Crippen LogP contribution is -2.19. The zero-order valence-corrected chi connectivity index (χ0v) is 12.1. The molecule has 0 radical (unpaired) electrons. The monoisotopic (exact) mass is 249 g/mol. The van der Waals surface area contributed by atoms with Crippen molar-refractivity contribution in [2.75, 3.05) is 26.3 Å². The highest BCUT2D eigenvalue weighted by Crippen LogP contribution is 2.14. The fourth-order valence-corrected chi connectivity index (χ4v) is 2.12. The van der Waals surface area contributed by atoms with E-state index in [-0.39, 0.29) is 0 Å². The van der Waals surface area contributed by atoms with E-state index < -0.39 is 0 Å². The summed E-state index contributed by atoms with van der Waals surface area (Å²) in [5, 5.41) is 3.26. The molecule has 1 N–H and O–H groups in total. The second-order valence-corrected chi connectivity index (χ2v) is 4.53. The Labute approximate surface area is 112 Å². The number of likely N-dealkylation sites (N-methyl/N-ethyl adjacent to an activating group) is 1. The molecular formula is C16H27NO. The van der Waals surface area contributed by atoms with E-state index in [2.05, 4.69) is 44.3 Å². The number of benzene rings is 1. The Hall–Kier alpha value is -0.860. The quantitative estimate of drug-likeness (QED) is 0.679. The van der Waals surface area contributed by atoms with Gasteiger partial charge < -0.3 is 10.1 Å². The van der Waals surface area contributed by atoms with Gasteiger partial charge in [-0.05, 0) is 42.5 Å². The second-order valence-electron chi connectivity index (χ2n) is 4.53. The summed E-state index contributed by atoms with van der Waals surface area (Å²) >= 11 is 0. The summed E-state index contributed by atoms with van der Waals surface area (Å²) in [6.07, 6.45) is 3.27. The predicted octanol–water partition coefficient (Wildman–Crippen LogP) is 2.98. The van der Waals surface area contributed by atoms with Gasteiger partial charge >= 0.3 is 0 Å². The highest BCUT2D eigenvalue weighted by Gasteiger charge is 2.01. The summed E-state index contributed by atoms with van der Waals surface area (Å²) in [5.74, 6) is 0. The molecule has 102 valence electrons. The topological polar surface area (TPSA) is 21.3 Å². The summed E-state index contributed by atoms with van der Waals surface area (Å²) in [7, 11) is 0. The zero-order valence-electron chi connectivity index (χ0n) is 12.1. The maximum Gasteiger partial charge on any atom is 0.0591 e. The molecule has 0 bridgehead atoms. The molecule has 2 heteroatoms. The molecule has 0 aliphatic carbocycles. The number of rotatable bonds is 9. The number of aryl methyl sites for hydroxylation is 2. The van der Waals surface area contributed by atoms with Gasteiger partial charge in [-0.1, -0.05) is 39.0 Å². The van der Waals surface area contributed by atoms with Crippen molar-refractivity contribution in [2.45, 2.75) is 40.0 Å². The van der Waals surface area contributed by atoms with Crippen molar-refractivity contribution in [2.24, 2.45) is 0 Å². The van der Waals surface area contributed by atoms with Crippen LogP contribution in [0.15, 0.2) is 18.2 Å².